The first-order valence-electron chi connectivity index (χ1n) is 5.51. The minimum Gasteiger partial charge on any atom is -0.222 e. The summed E-state index contributed by atoms with van der Waals surface area (Å²) in [6.07, 6.45) is 0. The van der Waals surface area contributed by atoms with Crippen molar-refractivity contribution in [2.24, 2.45) is 0 Å². The molecule has 0 heterocycles. The van der Waals surface area contributed by atoms with Crippen molar-refractivity contribution in [1.82, 2.24) is 0 Å². The molecule has 0 bridgehead atoms. The molecule has 4 heteroatoms. The summed E-state index contributed by atoms with van der Waals surface area (Å²) in [4.78, 5) is 0.326. The molecule has 2 aromatic rings. The second-order valence-corrected chi connectivity index (χ2v) is 7.64. The maximum absolute atomic E-state index is 12.4. The molecule has 0 aromatic heterocycles. The van der Waals surface area contributed by atoms with Crippen LogP contribution in [0.2, 0.25) is 0 Å². The van der Waals surface area contributed by atoms with E-state index in [4.69, 9.17) is 0 Å². The van der Waals surface area contributed by atoms with Crippen molar-refractivity contribution in [1.29, 1.82) is 0 Å². The van der Waals surface area contributed by atoms with Gasteiger partial charge < -0.3 is 0 Å². The predicted molar refractivity (Wildman–Crippen MR) is 76.5 cm³/mol. The number of hydrogen-bond acceptors (Lipinski definition) is 2. The maximum Gasteiger partial charge on any atom is 0.195 e. The van der Waals surface area contributed by atoms with Gasteiger partial charge in [0.2, 0.25) is 0 Å². The molecule has 0 fully saturated rings. The summed E-state index contributed by atoms with van der Waals surface area (Å²) in [6, 6.07) is 15.9. The van der Waals surface area contributed by atoms with E-state index in [-0.39, 0.29) is 0 Å². The lowest BCUT2D eigenvalue weighted by Gasteiger charge is -2.12. The van der Waals surface area contributed by atoms with Crippen LogP contribution in [-0.2, 0) is 9.84 Å². The zero-order chi connectivity index (χ0) is 13.2. The molecular formula is C14H13BrO2S. The minimum absolute atomic E-state index is 0.326. The number of hydrogen-bond donors (Lipinski definition) is 0. The third-order valence-corrected chi connectivity index (χ3v) is 6.43. The van der Waals surface area contributed by atoms with E-state index in [1.54, 1.807) is 30.3 Å². The molecule has 18 heavy (non-hydrogen) atoms. The first-order valence-corrected chi connectivity index (χ1v) is 7.97. The molecular weight excluding hydrogens is 312 g/mol. The van der Waals surface area contributed by atoms with Crippen molar-refractivity contribution in [3.05, 3.63) is 65.7 Å². The molecule has 0 radical (unpaired) electrons. The third-order valence-electron chi connectivity index (χ3n) is 2.68. The molecule has 0 N–H and O–H groups in total. The van der Waals surface area contributed by atoms with E-state index < -0.39 is 14.0 Å². The van der Waals surface area contributed by atoms with Gasteiger partial charge in [-0.05, 0) is 24.6 Å². The number of aryl methyl sites for hydroxylation is 1. The van der Waals surface area contributed by atoms with Gasteiger partial charge in [0.15, 0.2) is 9.84 Å². The van der Waals surface area contributed by atoms with Crippen LogP contribution in [0.1, 0.15) is 15.3 Å². The first kappa shape index (κ1) is 13.3. The van der Waals surface area contributed by atoms with Gasteiger partial charge in [-0.2, -0.15) is 0 Å². The van der Waals surface area contributed by atoms with Gasteiger partial charge in [0.1, 0.15) is 4.16 Å². The fourth-order valence-corrected chi connectivity index (χ4v) is 3.87. The van der Waals surface area contributed by atoms with Gasteiger partial charge in [0, 0.05) is 0 Å². The Labute approximate surface area is 116 Å². The summed E-state index contributed by atoms with van der Waals surface area (Å²) in [5.74, 6) is 0. The largest absolute Gasteiger partial charge is 0.222 e. The van der Waals surface area contributed by atoms with Gasteiger partial charge in [-0.1, -0.05) is 64.0 Å². The molecule has 2 aromatic carbocycles. The Morgan fingerprint density at radius 2 is 1.50 bits per heavy atom. The highest BCUT2D eigenvalue weighted by Crippen LogP contribution is 2.33. The van der Waals surface area contributed by atoms with Gasteiger partial charge in [0.05, 0.1) is 4.90 Å². The van der Waals surface area contributed by atoms with Crippen LogP contribution in [0.25, 0.3) is 0 Å². The zero-order valence-electron chi connectivity index (χ0n) is 9.88. The standard InChI is InChI=1S/C14H13BrO2S/c1-11-7-9-12(10-8-11)14(15)18(16,17)13-5-3-2-4-6-13/h2-10,14H,1H3/t14-/m1/s1. The van der Waals surface area contributed by atoms with Crippen LogP contribution >= 0.6 is 15.9 Å². The van der Waals surface area contributed by atoms with Gasteiger partial charge in [-0.3, -0.25) is 0 Å². The second-order valence-electron chi connectivity index (χ2n) is 4.08. The summed E-state index contributed by atoms with van der Waals surface area (Å²) < 4.78 is 24.0. The average molecular weight is 325 g/mol. The summed E-state index contributed by atoms with van der Waals surface area (Å²) in [7, 11) is -3.39. The smallest absolute Gasteiger partial charge is 0.195 e. The molecule has 0 unspecified atom stereocenters. The maximum atomic E-state index is 12.4. The summed E-state index contributed by atoms with van der Waals surface area (Å²) in [5, 5.41) is 0. The quantitative estimate of drug-likeness (QED) is 0.803. The number of benzene rings is 2. The number of sulfone groups is 1. The van der Waals surface area contributed by atoms with Gasteiger partial charge in [-0.15, -0.1) is 0 Å². The van der Waals surface area contributed by atoms with Crippen molar-refractivity contribution < 1.29 is 8.42 Å². The monoisotopic (exact) mass is 324 g/mol. The SMILES string of the molecule is Cc1ccc([C@H](Br)S(=O)(=O)c2ccccc2)cc1. The number of rotatable bonds is 3. The van der Waals surface area contributed by atoms with Crippen molar-refractivity contribution in [3.8, 4) is 0 Å². The lowest BCUT2D eigenvalue weighted by atomic mass is 10.2. The topological polar surface area (TPSA) is 34.1 Å². The number of alkyl halides is 1. The molecule has 0 amide bonds. The molecule has 94 valence electrons. The molecule has 0 aliphatic heterocycles. The highest BCUT2D eigenvalue weighted by molar-refractivity contribution is 9.10. The molecule has 0 spiro atoms. The predicted octanol–water partition coefficient (Wildman–Crippen LogP) is 3.86. The molecule has 2 nitrogen and oxygen atoms in total. The Morgan fingerprint density at radius 1 is 0.944 bits per heavy atom. The summed E-state index contributed by atoms with van der Waals surface area (Å²) in [5.41, 5.74) is 1.85. The van der Waals surface area contributed by atoms with Crippen LogP contribution in [0, 0.1) is 6.92 Å². The van der Waals surface area contributed by atoms with Crippen LogP contribution in [-0.4, -0.2) is 8.42 Å². The normalized spacial score (nSPS) is 13.2. The Morgan fingerprint density at radius 3 is 2.06 bits per heavy atom. The number of halogens is 1. The van der Waals surface area contributed by atoms with Crippen LogP contribution < -0.4 is 0 Å². The van der Waals surface area contributed by atoms with Gasteiger partial charge in [0.25, 0.3) is 0 Å². The van der Waals surface area contributed by atoms with E-state index in [9.17, 15) is 8.42 Å². The molecule has 0 aliphatic carbocycles. The van der Waals surface area contributed by atoms with Crippen LogP contribution in [0.15, 0.2) is 59.5 Å². The highest BCUT2D eigenvalue weighted by Gasteiger charge is 2.26. The van der Waals surface area contributed by atoms with E-state index in [0.29, 0.717) is 4.90 Å². The van der Waals surface area contributed by atoms with E-state index in [0.717, 1.165) is 11.1 Å². The van der Waals surface area contributed by atoms with E-state index in [1.165, 1.54) is 0 Å². The zero-order valence-corrected chi connectivity index (χ0v) is 12.3. The molecule has 2 rings (SSSR count). The van der Waals surface area contributed by atoms with Crippen LogP contribution in [0.4, 0.5) is 0 Å². The van der Waals surface area contributed by atoms with Gasteiger partial charge in [-0.25, -0.2) is 8.42 Å². The first-order chi connectivity index (χ1) is 8.51. The van der Waals surface area contributed by atoms with Crippen LogP contribution in [0.3, 0.4) is 0 Å². The molecule has 0 aliphatic rings. The Kier molecular flexibility index (Phi) is 3.88. The van der Waals surface area contributed by atoms with E-state index in [1.807, 2.05) is 31.2 Å². The minimum atomic E-state index is -3.39. The van der Waals surface area contributed by atoms with Crippen LogP contribution in [0.5, 0.6) is 0 Å². The second kappa shape index (κ2) is 5.24. The highest BCUT2D eigenvalue weighted by atomic mass is 79.9. The van der Waals surface area contributed by atoms with E-state index in [2.05, 4.69) is 15.9 Å². The van der Waals surface area contributed by atoms with Gasteiger partial charge >= 0.3 is 0 Å². The van der Waals surface area contributed by atoms with Crippen molar-refractivity contribution in [3.63, 3.8) is 0 Å². The summed E-state index contributed by atoms with van der Waals surface area (Å²) in [6.45, 7) is 1.97. The molecule has 0 saturated heterocycles. The summed E-state index contributed by atoms with van der Waals surface area (Å²) >= 11 is 3.28. The lowest BCUT2D eigenvalue weighted by Crippen LogP contribution is -2.08. The average Bonchev–Trinajstić information content (AvgIpc) is 2.40. The lowest BCUT2D eigenvalue weighted by molar-refractivity contribution is 0.595. The third kappa shape index (κ3) is 2.65. The molecule has 0 saturated carbocycles. The van der Waals surface area contributed by atoms with Crippen molar-refractivity contribution in [2.45, 2.75) is 16.0 Å². The van der Waals surface area contributed by atoms with E-state index >= 15 is 0 Å². The Hall–Kier alpha value is -1.13. The Bertz CT molecular complexity index is 619. The molecule has 1 atom stereocenters. The van der Waals surface area contributed by atoms with Crippen molar-refractivity contribution >= 4 is 25.8 Å². The fraction of sp³-hybridized carbons (Fsp3) is 0.143. The fourth-order valence-electron chi connectivity index (χ4n) is 1.63. The van der Waals surface area contributed by atoms with Crippen molar-refractivity contribution in [2.75, 3.05) is 0 Å². The Balaban J connectivity index is 2.39.